The second-order valence-corrected chi connectivity index (χ2v) is 7.91. The van der Waals surface area contributed by atoms with Crippen molar-refractivity contribution in [1.29, 1.82) is 0 Å². The highest BCUT2D eigenvalue weighted by Gasteiger charge is 2.19. The molecule has 6 nitrogen and oxygen atoms in total. The third-order valence-electron chi connectivity index (χ3n) is 4.56. The maximum absolute atomic E-state index is 5.82. The molecule has 0 bridgehead atoms. The number of oxazole rings is 1. The quantitative estimate of drug-likeness (QED) is 0.368. The molecule has 0 radical (unpaired) electrons. The van der Waals surface area contributed by atoms with Crippen LogP contribution in [0.3, 0.4) is 0 Å². The Labute approximate surface area is 167 Å². The van der Waals surface area contributed by atoms with E-state index in [0.717, 1.165) is 37.8 Å². The van der Waals surface area contributed by atoms with Crippen LogP contribution in [0.5, 0.6) is 0 Å². The van der Waals surface area contributed by atoms with E-state index >= 15 is 0 Å². The second-order valence-electron chi connectivity index (χ2n) is 7.91. The summed E-state index contributed by atoms with van der Waals surface area (Å²) >= 11 is 0. The molecule has 0 unspecified atom stereocenters. The Kier molecular flexibility index (Phi) is 6.39. The zero-order valence-electron chi connectivity index (χ0n) is 17.3. The van der Waals surface area contributed by atoms with Gasteiger partial charge in [-0.2, -0.15) is 0 Å². The molecule has 0 fully saturated rings. The van der Waals surface area contributed by atoms with Crippen molar-refractivity contribution in [2.24, 2.45) is 4.99 Å². The summed E-state index contributed by atoms with van der Waals surface area (Å²) in [5, 5.41) is 7.95. The topological polar surface area (TPSA) is 67.4 Å². The SMILES string of the molecule is CCNC(=NCc1ncc(C(C)(C)C)o1)NCCCn1ccc2ccccc21. The maximum atomic E-state index is 5.82. The fraction of sp³-hybridized carbons (Fsp3) is 0.455. The third-order valence-corrected chi connectivity index (χ3v) is 4.56. The predicted molar refractivity (Wildman–Crippen MR) is 115 cm³/mol. The monoisotopic (exact) mass is 381 g/mol. The van der Waals surface area contributed by atoms with Crippen molar-refractivity contribution in [2.45, 2.75) is 52.6 Å². The molecule has 3 rings (SSSR count). The van der Waals surface area contributed by atoms with E-state index in [9.17, 15) is 0 Å². The molecule has 1 aromatic carbocycles. The summed E-state index contributed by atoms with van der Waals surface area (Å²) in [6, 6.07) is 10.6. The highest BCUT2D eigenvalue weighted by Crippen LogP contribution is 2.22. The number of nitrogens with one attached hydrogen (secondary N) is 2. The van der Waals surface area contributed by atoms with Crippen molar-refractivity contribution >= 4 is 16.9 Å². The van der Waals surface area contributed by atoms with E-state index in [1.807, 2.05) is 0 Å². The van der Waals surface area contributed by atoms with Crippen LogP contribution in [0, 0.1) is 0 Å². The van der Waals surface area contributed by atoms with Crippen molar-refractivity contribution in [3.05, 3.63) is 54.4 Å². The summed E-state index contributed by atoms with van der Waals surface area (Å²) in [5.41, 5.74) is 1.24. The molecule has 2 N–H and O–H groups in total. The zero-order chi connectivity index (χ0) is 20.0. The van der Waals surface area contributed by atoms with Gasteiger partial charge in [-0.25, -0.2) is 9.98 Å². The number of fused-ring (bicyclic) bond motifs is 1. The van der Waals surface area contributed by atoms with Crippen molar-refractivity contribution in [3.63, 3.8) is 0 Å². The molecule has 0 aliphatic carbocycles. The van der Waals surface area contributed by atoms with Gasteiger partial charge in [0.1, 0.15) is 12.3 Å². The summed E-state index contributed by atoms with van der Waals surface area (Å²) in [6.45, 7) is 11.4. The van der Waals surface area contributed by atoms with Gasteiger partial charge in [-0.15, -0.1) is 0 Å². The van der Waals surface area contributed by atoms with E-state index in [-0.39, 0.29) is 5.41 Å². The van der Waals surface area contributed by atoms with Gasteiger partial charge < -0.3 is 19.6 Å². The van der Waals surface area contributed by atoms with Crippen molar-refractivity contribution in [1.82, 2.24) is 20.2 Å². The number of para-hydroxylation sites is 1. The van der Waals surface area contributed by atoms with Crippen molar-refractivity contribution in [2.75, 3.05) is 13.1 Å². The Balaban J connectivity index is 1.51. The molecule has 0 saturated carbocycles. The van der Waals surface area contributed by atoms with Crippen LogP contribution in [0.1, 0.15) is 45.8 Å². The first-order valence-electron chi connectivity index (χ1n) is 9.98. The fourth-order valence-corrected chi connectivity index (χ4v) is 3.01. The molecular weight excluding hydrogens is 350 g/mol. The largest absolute Gasteiger partial charge is 0.443 e. The molecule has 0 spiro atoms. The van der Waals surface area contributed by atoms with Gasteiger partial charge >= 0.3 is 0 Å². The lowest BCUT2D eigenvalue weighted by Gasteiger charge is -2.13. The minimum absolute atomic E-state index is 0.0413. The van der Waals surface area contributed by atoms with Gasteiger partial charge in [0, 0.05) is 36.8 Å². The van der Waals surface area contributed by atoms with Gasteiger partial charge in [0.2, 0.25) is 5.89 Å². The predicted octanol–water partition coefficient (Wildman–Crippen LogP) is 4.07. The summed E-state index contributed by atoms with van der Waals surface area (Å²) in [7, 11) is 0. The lowest BCUT2D eigenvalue weighted by atomic mass is 9.94. The smallest absolute Gasteiger partial charge is 0.216 e. The molecule has 2 aromatic heterocycles. The van der Waals surface area contributed by atoms with Crippen LogP contribution >= 0.6 is 0 Å². The van der Waals surface area contributed by atoms with Crippen molar-refractivity contribution in [3.8, 4) is 0 Å². The number of rotatable bonds is 7. The Hall–Kier alpha value is -2.76. The van der Waals surface area contributed by atoms with Gasteiger partial charge in [-0.05, 0) is 30.9 Å². The Morgan fingerprint density at radius 3 is 2.75 bits per heavy atom. The van der Waals surface area contributed by atoms with Crippen LogP contribution in [0.15, 0.2) is 52.1 Å². The Morgan fingerprint density at radius 1 is 1.18 bits per heavy atom. The molecular formula is C22H31N5O. The average Bonchev–Trinajstić information content (AvgIpc) is 3.30. The number of aliphatic imine (C=N–C) groups is 1. The van der Waals surface area contributed by atoms with Gasteiger partial charge in [0.15, 0.2) is 5.96 Å². The number of hydrogen-bond acceptors (Lipinski definition) is 3. The minimum Gasteiger partial charge on any atom is -0.443 e. The number of aryl methyl sites for hydroxylation is 1. The summed E-state index contributed by atoms with van der Waals surface area (Å²) in [4.78, 5) is 8.94. The number of hydrogen-bond donors (Lipinski definition) is 2. The van der Waals surface area contributed by atoms with Crippen LogP contribution in [0.2, 0.25) is 0 Å². The lowest BCUT2D eigenvalue weighted by molar-refractivity contribution is 0.383. The molecule has 3 aromatic rings. The summed E-state index contributed by atoms with van der Waals surface area (Å²) in [6.07, 6.45) is 4.96. The van der Waals surface area contributed by atoms with E-state index in [4.69, 9.17) is 4.42 Å². The van der Waals surface area contributed by atoms with E-state index in [2.05, 4.69) is 89.4 Å². The molecule has 2 heterocycles. The second kappa shape index (κ2) is 8.95. The molecule has 0 saturated heterocycles. The van der Waals surface area contributed by atoms with Gasteiger partial charge in [0.05, 0.1) is 6.20 Å². The first-order valence-corrected chi connectivity index (χ1v) is 9.98. The lowest BCUT2D eigenvalue weighted by Crippen LogP contribution is -2.38. The molecule has 6 heteroatoms. The highest BCUT2D eigenvalue weighted by atomic mass is 16.4. The molecule has 0 amide bonds. The van der Waals surface area contributed by atoms with Crippen LogP contribution < -0.4 is 10.6 Å². The highest BCUT2D eigenvalue weighted by molar-refractivity contribution is 5.80. The molecule has 0 atom stereocenters. The maximum Gasteiger partial charge on any atom is 0.216 e. The van der Waals surface area contributed by atoms with Gasteiger partial charge in [-0.1, -0.05) is 39.0 Å². The van der Waals surface area contributed by atoms with E-state index in [1.165, 1.54) is 10.9 Å². The summed E-state index contributed by atoms with van der Waals surface area (Å²) in [5.74, 6) is 2.31. The van der Waals surface area contributed by atoms with E-state index in [0.29, 0.717) is 12.4 Å². The van der Waals surface area contributed by atoms with Crippen LogP contribution in [0.25, 0.3) is 10.9 Å². The Bertz CT molecular complexity index is 916. The summed E-state index contributed by atoms with van der Waals surface area (Å²) < 4.78 is 8.11. The molecule has 150 valence electrons. The third kappa shape index (κ3) is 5.15. The number of benzene rings is 1. The number of guanidine groups is 1. The van der Waals surface area contributed by atoms with E-state index < -0.39 is 0 Å². The average molecular weight is 382 g/mol. The van der Waals surface area contributed by atoms with Gasteiger partial charge in [-0.3, -0.25) is 0 Å². The standard InChI is InChI=1S/C22H31N5O/c1-5-23-21(26-16-20-25-15-19(28-20)22(2,3)4)24-12-8-13-27-14-11-17-9-6-7-10-18(17)27/h6-7,9-11,14-15H,5,8,12-13,16H2,1-4H3,(H2,23,24,26). The fourth-order valence-electron chi connectivity index (χ4n) is 3.01. The first-order chi connectivity index (χ1) is 13.5. The molecule has 28 heavy (non-hydrogen) atoms. The van der Waals surface area contributed by atoms with E-state index in [1.54, 1.807) is 6.20 Å². The van der Waals surface area contributed by atoms with Crippen LogP contribution in [-0.4, -0.2) is 28.6 Å². The van der Waals surface area contributed by atoms with Gasteiger partial charge in [0.25, 0.3) is 0 Å². The van der Waals surface area contributed by atoms with Crippen LogP contribution in [0.4, 0.5) is 0 Å². The number of nitrogens with zero attached hydrogens (tertiary/aromatic N) is 3. The van der Waals surface area contributed by atoms with Crippen LogP contribution in [-0.2, 0) is 18.5 Å². The zero-order valence-corrected chi connectivity index (χ0v) is 17.3. The first kappa shape index (κ1) is 20.0. The van der Waals surface area contributed by atoms with Crippen molar-refractivity contribution < 1.29 is 4.42 Å². The normalized spacial score (nSPS) is 12.5. The molecule has 0 aliphatic heterocycles. The molecule has 0 aliphatic rings. The Morgan fingerprint density at radius 2 is 2.00 bits per heavy atom. The minimum atomic E-state index is -0.0413. The number of aromatic nitrogens is 2.